The van der Waals surface area contributed by atoms with E-state index in [0.29, 0.717) is 11.2 Å². The highest BCUT2D eigenvalue weighted by Gasteiger charge is 2.40. The monoisotopic (exact) mass is 277 g/mol. The molecule has 1 aromatic heterocycles. The summed E-state index contributed by atoms with van der Waals surface area (Å²) in [5.41, 5.74) is 0.370. The molecule has 0 bridgehead atoms. The van der Waals surface area contributed by atoms with Crippen molar-refractivity contribution >= 4 is 12.6 Å². The Morgan fingerprint density at radius 1 is 1.30 bits per heavy atom. The van der Waals surface area contributed by atoms with Gasteiger partial charge in [-0.25, -0.2) is 0 Å². The van der Waals surface area contributed by atoms with Crippen LogP contribution in [-0.2, 0) is 4.74 Å². The lowest BCUT2D eigenvalue weighted by molar-refractivity contribution is -0.108. The lowest BCUT2D eigenvalue weighted by atomic mass is 9.82. The fourth-order valence-electron chi connectivity index (χ4n) is 3.28. The average Bonchev–Trinajstić information content (AvgIpc) is 2.87. The van der Waals surface area contributed by atoms with Crippen LogP contribution in [0.4, 0.5) is 0 Å². The number of hydrogen-bond donors (Lipinski definition) is 2. The van der Waals surface area contributed by atoms with Crippen molar-refractivity contribution in [1.82, 2.24) is 4.98 Å². The molecule has 1 aromatic rings. The number of nitrogens with zero attached hydrogens (tertiary/aromatic N) is 1. The molecule has 0 aromatic carbocycles. The average molecular weight is 277 g/mol. The van der Waals surface area contributed by atoms with E-state index in [0.717, 1.165) is 32.3 Å². The SMILES string of the molecule is OB(O)c1cncc(OC2CCOC3(CCCC3)C2)c1. The molecule has 1 aliphatic heterocycles. The number of pyridine rings is 1. The molecule has 0 radical (unpaired) electrons. The smallest absolute Gasteiger partial charge is 0.489 e. The van der Waals surface area contributed by atoms with Crippen LogP contribution in [0.5, 0.6) is 5.75 Å². The molecular formula is C14H20BNO4. The number of aromatic nitrogens is 1. The standard InChI is InChI=1S/C14H20BNO4/c17-15(18)11-7-13(10-16-9-11)20-12-3-6-19-14(8-12)4-1-2-5-14/h7,9-10,12,17-18H,1-6,8H2. The number of rotatable bonds is 3. The van der Waals surface area contributed by atoms with Gasteiger partial charge in [0.15, 0.2) is 0 Å². The highest BCUT2D eigenvalue weighted by Crippen LogP contribution is 2.40. The van der Waals surface area contributed by atoms with Crippen molar-refractivity contribution in [1.29, 1.82) is 0 Å². The Bertz CT molecular complexity index is 462. The van der Waals surface area contributed by atoms with Crippen molar-refractivity contribution in [3.8, 4) is 5.75 Å². The molecule has 1 saturated heterocycles. The zero-order valence-electron chi connectivity index (χ0n) is 11.5. The molecule has 2 fully saturated rings. The number of ether oxygens (including phenoxy) is 2. The molecule has 1 spiro atoms. The van der Waals surface area contributed by atoms with E-state index in [1.165, 1.54) is 19.0 Å². The second-order valence-electron chi connectivity index (χ2n) is 5.80. The molecule has 1 atom stereocenters. The van der Waals surface area contributed by atoms with E-state index in [9.17, 15) is 0 Å². The maximum atomic E-state index is 9.16. The summed E-state index contributed by atoms with van der Waals surface area (Å²) in [6, 6.07) is 1.63. The van der Waals surface area contributed by atoms with Gasteiger partial charge in [0.1, 0.15) is 11.9 Å². The lowest BCUT2D eigenvalue weighted by Gasteiger charge is -2.38. The largest absolute Gasteiger partial charge is 0.490 e. The van der Waals surface area contributed by atoms with E-state index in [4.69, 9.17) is 19.5 Å². The molecule has 2 aliphatic rings. The third kappa shape index (κ3) is 2.97. The Kier molecular flexibility index (Phi) is 3.96. The molecular weight excluding hydrogens is 257 g/mol. The molecule has 2 N–H and O–H groups in total. The minimum absolute atomic E-state index is 0.0183. The van der Waals surface area contributed by atoms with Crippen molar-refractivity contribution in [3.63, 3.8) is 0 Å². The Morgan fingerprint density at radius 3 is 2.85 bits per heavy atom. The van der Waals surface area contributed by atoms with Crippen LogP contribution in [0.2, 0.25) is 0 Å². The van der Waals surface area contributed by atoms with E-state index in [1.54, 1.807) is 12.3 Å². The highest BCUT2D eigenvalue weighted by atomic mass is 16.5. The Labute approximate surface area is 119 Å². The van der Waals surface area contributed by atoms with Crippen molar-refractivity contribution < 1.29 is 19.5 Å². The van der Waals surface area contributed by atoms with Crippen LogP contribution in [0.25, 0.3) is 0 Å². The zero-order valence-corrected chi connectivity index (χ0v) is 11.5. The fraction of sp³-hybridized carbons (Fsp3) is 0.643. The van der Waals surface area contributed by atoms with E-state index in [1.807, 2.05) is 0 Å². The second kappa shape index (κ2) is 5.72. The minimum Gasteiger partial charge on any atom is -0.489 e. The third-order valence-electron chi connectivity index (χ3n) is 4.30. The highest BCUT2D eigenvalue weighted by molar-refractivity contribution is 6.58. The minimum atomic E-state index is -1.51. The quantitative estimate of drug-likeness (QED) is 0.793. The van der Waals surface area contributed by atoms with Gasteiger partial charge in [0.05, 0.1) is 18.4 Å². The van der Waals surface area contributed by atoms with Gasteiger partial charge in [-0.2, -0.15) is 0 Å². The van der Waals surface area contributed by atoms with E-state index in [-0.39, 0.29) is 11.7 Å². The maximum absolute atomic E-state index is 9.16. The van der Waals surface area contributed by atoms with Crippen LogP contribution in [-0.4, -0.2) is 40.5 Å². The second-order valence-corrected chi connectivity index (χ2v) is 5.80. The summed E-state index contributed by atoms with van der Waals surface area (Å²) in [6.07, 6.45) is 9.67. The zero-order chi connectivity index (χ0) is 14.0. The van der Waals surface area contributed by atoms with Gasteiger partial charge in [0.25, 0.3) is 0 Å². The summed E-state index contributed by atoms with van der Waals surface area (Å²) in [5, 5.41) is 18.3. The summed E-state index contributed by atoms with van der Waals surface area (Å²) < 4.78 is 11.9. The van der Waals surface area contributed by atoms with Crippen molar-refractivity contribution in [2.75, 3.05) is 6.61 Å². The topological polar surface area (TPSA) is 71.8 Å². The molecule has 20 heavy (non-hydrogen) atoms. The molecule has 0 amide bonds. The molecule has 1 saturated carbocycles. The molecule has 108 valence electrons. The van der Waals surface area contributed by atoms with E-state index >= 15 is 0 Å². The molecule has 1 aliphatic carbocycles. The number of hydrogen-bond acceptors (Lipinski definition) is 5. The fourth-order valence-corrected chi connectivity index (χ4v) is 3.28. The van der Waals surface area contributed by atoms with Crippen molar-refractivity contribution in [2.45, 2.75) is 50.2 Å². The van der Waals surface area contributed by atoms with Gasteiger partial charge < -0.3 is 19.5 Å². The van der Waals surface area contributed by atoms with Crippen LogP contribution < -0.4 is 10.2 Å². The van der Waals surface area contributed by atoms with Crippen molar-refractivity contribution in [3.05, 3.63) is 18.5 Å². The van der Waals surface area contributed by atoms with Crippen LogP contribution in [0, 0.1) is 0 Å². The molecule has 3 rings (SSSR count). The van der Waals surface area contributed by atoms with Gasteiger partial charge in [-0.3, -0.25) is 4.98 Å². The first-order chi connectivity index (χ1) is 9.67. The van der Waals surface area contributed by atoms with Crippen molar-refractivity contribution in [2.24, 2.45) is 0 Å². The normalized spacial score (nSPS) is 24.8. The van der Waals surface area contributed by atoms with Crippen LogP contribution in [0.3, 0.4) is 0 Å². The first kappa shape index (κ1) is 13.9. The summed E-state index contributed by atoms with van der Waals surface area (Å²) in [4.78, 5) is 3.98. The van der Waals surface area contributed by atoms with Crippen LogP contribution in [0.1, 0.15) is 38.5 Å². The third-order valence-corrected chi connectivity index (χ3v) is 4.30. The Hall–Kier alpha value is -1.11. The van der Waals surface area contributed by atoms with Gasteiger partial charge in [0.2, 0.25) is 0 Å². The van der Waals surface area contributed by atoms with Gasteiger partial charge >= 0.3 is 7.12 Å². The van der Waals surface area contributed by atoms with E-state index < -0.39 is 7.12 Å². The van der Waals surface area contributed by atoms with Gasteiger partial charge in [-0.1, -0.05) is 12.8 Å². The Balaban J connectivity index is 1.66. The summed E-state index contributed by atoms with van der Waals surface area (Å²) in [5.74, 6) is 0.593. The lowest BCUT2D eigenvalue weighted by Crippen LogP contribution is -2.41. The maximum Gasteiger partial charge on any atom is 0.490 e. The molecule has 2 heterocycles. The van der Waals surface area contributed by atoms with Crippen LogP contribution >= 0.6 is 0 Å². The first-order valence-electron chi connectivity index (χ1n) is 7.29. The predicted octanol–water partition coefficient (Wildman–Crippen LogP) is 0.632. The van der Waals surface area contributed by atoms with Gasteiger partial charge in [-0.15, -0.1) is 0 Å². The Morgan fingerprint density at radius 2 is 2.10 bits per heavy atom. The predicted molar refractivity (Wildman–Crippen MR) is 74.9 cm³/mol. The summed E-state index contributed by atoms with van der Waals surface area (Å²) in [6.45, 7) is 0.737. The molecule has 6 heteroatoms. The molecule has 5 nitrogen and oxygen atoms in total. The van der Waals surface area contributed by atoms with Gasteiger partial charge in [0, 0.05) is 24.5 Å². The van der Waals surface area contributed by atoms with Crippen LogP contribution in [0.15, 0.2) is 18.5 Å². The first-order valence-corrected chi connectivity index (χ1v) is 7.29. The van der Waals surface area contributed by atoms with Gasteiger partial charge in [-0.05, 0) is 18.9 Å². The van der Waals surface area contributed by atoms with E-state index in [2.05, 4.69) is 4.98 Å². The molecule has 1 unspecified atom stereocenters. The summed E-state index contributed by atoms with van der Waals surface area (Å²) >= 11 is 0. The summed E-state index contributed by atoms with van der Waals surface area (Å²) in [7, 11) is -1.51.